The third kappa shape index (κ3) is 4.33. The van der Waals surface area contributed by atoms with E-state index in [1.165, 1.54) is 24.0 Å². The van der Waals surface area contributed by atoms with E-state index in [0.29, 0.717) is 16.5 Å². The van der Waals surface area contributed by atoms with Crippen LogP contribution >= 0.6 is 23.2 Å². The maximum absolute atomic E-state index is 13.5. The number of nitrogens with zero attached hydrogens (tertiary/aromatic N) is 2. The molecule has 0 bridgehead atoms. The second-order valence-electron chi connectivity index (χ2n) is 8.94. The van der Waals surface area contributed by atoms with E-state index in [0.717, 1.165) is 31.7 Å². The Morgan fingerprint density at radius 3 is 2.52 bits per heavy atom. The molecule has 0 unspecified atom stereocenters. The summed E-state index contributed by atoms with van der Waals surface area (Å²) in [4.78, 5) is 18.1. The molecule has 5 heteroatoms. The first-order valence-corrected chi connectivity index (χ1v) is 11.2. The maximum atomic E-state index is 13.5. The predicted octanol–water partition coefficient (Wildman–Crippen LogP) is 5.49. The molecule has 2 heterocycles. The van der Waals surface area contributed by atoms with Crippen LogP contribution in [0.1, 0.15) is 49.4 Å². The number of halogens is 2. The first-order chi connectivity index (χ1) is 13.8. The van der Waals surface area contributed by atoms with Crippen molar-refractivity contribution in [1.29, 1.82) is 0 Å². The molecule has 1 saturated heterocycles. The third-order valence-corrected chi connectivity index (χ3v) is 7.02. The summed E-state index contributed by atoms with van der Waals surface area (Å²) in [6, 6.07) is 14.2. The summed E-state index contributed by atoms with van der Waals surface area (Å²) in [5.41, 5.74) is 3.48. The number of rotatable bonds is 4. The Morgan fingerprint density at radius 1 is 1.07 bits per heavy atom. The standard InChI is InChI=1S/C24H28Cl2N2O/c1-24(2)16-28(23(29)14-17-9-10-20(25)21(26)13-17)22(15-27-11-5-6-12-27)18-7-3-4-8-19(18)24/h3-4,7-10,13,22H,5-6,11-12,14-16H2,1-2H3/t22-/m1/s1. The number of hydrogen-bond acceptors (Lipinski definition) is 2. The summed E-state index contributed by atoms with van der Waals surface area (Å²) in [7, 11) is 0. The van der Waals surface area contributed by atoms with E-state index in [4.69, 9.17) is 23.2 Å². The summed E-state index contributed by atoms with van der Waals surface area (Å²) < 4.78 is 0. The van der Waals surface area contributed by atoms with Crippen LogP contribution in [0.4, 0.5) is 0 Å². The van der Waals surface area contributed by atoms with Gasteiger partial charge in [-0.1, -0.05) is 67.4 Å². The minimum absolute atomic E-state index is 0.0780. The fraction of sp³-hybridized carbons (Fsp3) is 0.458. The second kappa shape index (κ2) is 8.29. The molecule has 4 rings (SSSR count). The molecule has 0 radical (unpaired) electrons. The monoisotopic (exact) mass is 430 g/mol. The van der Waals surface area contributed by atoms with Gasteiger partial charge < -0.3 is 9.80 Å². The Balaban J connectivity index is 1.65. The van der Waals surface area contributed by atoms with Gasteiger partial charge in [0, 0.05) is 18.5 Å². The molecule has 0 aromatic heterocycles. The van der Waals surface area contributed by atoms with Crippen molar-refractivity contribution >= 4 is 29.1 Å². The van der Waals surface area contributed by atoms with Gasteiger partial charge in [-0.15, -0.1) is 0 Å². The Labute approximate surface area is 183 Å². The molecule has 154 valence electrons. The zero-order chi connectivity index (χ0) is 20.6. The fourth-order valence-corrected chi connectivity index (χ4v) is 5.11. The van der Waals surface area contributed by atoms with Crippen molar-refractivity contribution in [1.82, 2.24) is 9.80 Å². The number of carbonyl (C=O) groups is 1. The van der Waals surface area contributed by atoms with Gasteiger partial charge in [0.1, 0.15) is 0 Å². The molecular formula is C24H28Cl2N2O. The molecule has 1 amide bonds. The van der Waals surface area contributed by atoms with E-state index in [9.17, 15) is 4.79 Å². The number of hydrogen-bond donors (Lipinski definition) is 0. The quantitative estimate of drug-likeness (QED) is 0.639. The van der Waals surface area contributed by atoms with Gasteiger partial charge in [-0.2, -0.15) is 0 Å². The average Bonchev–Trinajstić information content (AvgIpc) is 3.20. The molecule has 0 spiro atoms. The van der Waals surface area contributed by atoms with E-state index in [2.05, 4.69) is 47.9 Å². The van der Waals surface area contributed by atoms with Crippen LogP contribution in [0, 0.1) is 0 Å². The van der Waals surface area contributed by atoms with Crippen molar-refractivity contribution in [2.75, 3.05) is 26.2 Å². The number of likely N-dealkylation sites (tertiary alicyclic amines) is 1. The minimum atomic E-state index is -0.0780. The molecule has 1 atom stereocenters. The number of amides is 1. The maximum Gasteiger partial charge on any atom is 0.227 e. The molecule has 2 aromatic carbocycles. The van der Waals surface area contributed by atoms with Crippen molar-refractivity contribution in [3.05, 3.63) is 69.2 Å². The lowest BCUT2D eigenvalue weighted by Gasteiger charge is -2.46. The van der Waals surface area contributed by atoms with E-state index in [1.54, 1.807) is 12.1 Å². The first kappa shape index (κ1) is 20.7. The second-order valence-corrected chi connectivity index (χ2v) is 9.76. The van der Waals surface area contributed by atoms with Crippen LogP contribution < -0.4 is 0 Å². The van der Waals surface area contributed by atoms with Crippen LogP contribution in [-0.2, 0) is 16.6 Å². The van der Waals surface area contributed by atoms with Gasteiger partial charge in [0.2, 0.25) is 5.91 Å². The van der Waals surface area contributed by atoms with Crippen LogP contribution in [0.5, 0.6) is 0 Å². The Hall–Kier alpha value is -1.55. The first-order valence-electron chi connectivity index (χ1n) is 10.4. The summed E-state index contributed by atoms with van der Waals surface area (Å²) in [5.74, 6) is 0.148. The highest BCUT2D eigenvalue weighted by Crippen LogP contribution is 2.40. The summed E-state index contributed by atoms with van der Waals surface area (Å²) >= 11 is 12.2. The van der Waals surface area contributed by atoms with E-state index in [-0.39, 0.29) is 17.4 Å². The van der Waals surface area contributed by atoms with Crippen molar-refractivity contribution in [2.45, 2.75) is 44.6 Å². The molecule has 2 aliphatic rings. The lowest BCUT2D eigenvalue weighted by Crippen LogP contribution is -2.51. The van der Waals surface area contributed by atoms with Gasteiger partial charge >= 0.3 is 0 Å². The highest BCUT2D eigenvalue weighted by atomic mass is 35.5. The molecular weight excluding hydrogens is 403 g/mol. The van der Waals surface area contributed by atoms with Gasteiger partial charge in [-0.05, 0) is 54.8 Å². The van der Waals surface area contributed by atoms with Crippen LogP contribution in [0.15, 0.2) is 42.5 Å². The summed E-state index contributed by atoms with van der Waals surface area (Å²) in [5, 5.41) is 1.01. The van der Waals surface area contributed by atoms with Crippen LogP contribution in [0.25, 0.3) is 0 Å². The zero-order valence-electron chi connectivity index (χ0n) is 17.1. The van der Waals surface area contributed by atoms with E-state index in [1.807, 2.05) is 6.07 Å². The van der Waals surface area contributed by atoms with Crippen LogP contribution in [0.3, 0.4) is 0 Å². The van der Waals surface area contributed by atoms with Gasteiger partial charge in [0.15, 0.2) is 0 Å². The summed E-state index contributed by atoms with van der Waals surface area (Å²) in [6.45, 7) is 8.34. The highest BCUT2D eigenvalue weighted by molar-refractivity contribution is 6.42. The van der Waals surface area contributed by atoms with Crippen LogP contribution in [0.2, 0.25) is 10.0 Å². The van der Waals surface area contributed by atoms with Crippen molar-refractivity contribution in [3.63, 3.8) is 0 Å². The molecule has 2 aliphatic heterocycles. The van der Waals surface area contributed by atoms with Crippen molar-refractivity contribution < 1.29 is 4.79 Å². The van der Waals surface area contributed by atoms with E-state index >= 15 is 0 Å². The highest BCUT2D eigenvalue weighted by Gasteiger charge is 2.40. The Kier molecular flexibility index (Phi) is 5.92. The smallest absolute Gasteiger partial charge is 0.227 e. The topological polar surface area (TPSA) is 23.6 Å². The lowest BCUT2D eigenvalue weighted by molar-refractivity contribution is -0.135. The van der Waals surface area contributed by atoms with E-state index < -0.39 is 0 Å². The van der Waals surface area contributed by atoms with Crippen molar-refractivity contribution in [3.8, 4) is 0 Å². The Bertz CT molecular complexity index is 906. The number of carbonyl (C=O) groups excluding carboxylic acids is 1. The molecule has 3 nitrogen and oxygen atoms in total. The van der Waals surface area contributed by atoms with Gasteiger partial charge in [-0.25, -0.2) is 0 Å². The molecule has 0 N–H and O–H groups in total. The SMILES string of the molecule is CC1(C)CN(C(=O)Cc2ccc(Cl)c(Cl)c2)[C@H](CN2CCCC2)c2ccccc21. The van der Waals surface area contributed by atoms with Gasteiger partial charge in [0.05, 0.1) is 22.5 Å². The van der Waals surface area contributed by atoms with Gasteiger partial charge in [-0.3, -0.25) is 4.79 Å². The molecule has 0 saturated carbocycles. The van der Waals surface area contributed by atoms with Crippen molar-refractivity contribution in [2.24, 2.45) is 0 Å². The predicted molar refractivity (Wildman–Crippen MR) is 120 cm³/mol. The van der Waals surface area contributed by atoms with Crippen LogP contribution in [-0.4, -0.2) is 41.9 Å². The third-order valence-electron chi connectivity index (χ3n) is 6.28. The zero-order valence-corrected chi connectivity index (χ0v) is 18.6. The molecule has 1 fully saturated rings. The fourth-order valence-electron chi connectivity index (χ4n) is 4.79. The average molecular weight is 431 g/mol. The lowest BCUT2D eigenvalue weighted by atomic mass is 9.75. The number of benzene rings is 2. The molecule has 0 aliphatic carbocycles. The largest absolute Gasteiger partial charge is 0.333 e. The number of fused-ring (bicyclic) bond motifs is 1. The summed E-state index contributed by atoms with van der Waals surface area (Å²) in [6.07, 6.45) is 2.83. The minimum Gasteiger partial charge on any atom is -0.333 e. The Morgan fingerprint density at radius 2 is 1.79 bits per heavy atom. The normalized spacial score (nSPS) is 21.2. The van der Waals surface area contributed by atoms with Gasteiger partial charge in [0.25, 0.3) is 0 Å². The molecule has 2 aromatic rings. The molecule has 29 heavy (non-hydrogen) atoms.